The molecule has 0 bridgehead atoms. The lowest BCUT2D eigenvalue weighted by atomic mass is 10.0. The van der Waals surface area contributed by atoms with E-state index in [4.69, 9.17) is 17.3 Å². The third-order valence-electron chi connectivity index (χ3n) is 3.35. The summed E-state index contributed by atoms with van der Waals surface area (Å²) in [5.41, 5.74) is 9.24. The molecule has 20 heavy (non-hydrogen) atoms. The van der Waals surface area contributed by atoms with Crippen molar-refractivity contribution in [1.29, 1.82) is 0 Å². The third-order valence-corrected chi connectivity index (χ3v) is 3.67. The molecular formula is C16H13ClN2O. The van der Waals surface area contributed by atoms with Crippen LogP contribution in [0.1, 0.15) is 21.5 Å². The average molecular weight is 285 g/mol. The highest BCUT2D eigenvalue weighted by molar-refractivity contribution is 6.36. The van der Waals surface area contributed by atoms with Crippen LogP contribution in [0.5, 0.6) is 0 Å². The van der Waals surface area contributed by atoms with Crippen molar-refractivity contribution >= 4 is 34.0 Å². The Hall–Kier alpha value is -2.26. The standard InChI is InChI=1S/C16H13ClN2O/c1-9-5-6-14-10(7-9)11(8-19-14)16(20)15-12(17)3-2-4-13(15)18/h2-8,19H,18H2,1H3. The Morgan fingerprint density at radius 2 is 2.05 bits per heavy atom. The number of aromatic amines is 1. The largest absolute Gasteiger partial charge is 0.398 e. The first-order valence-electron chi connectivity index (χ1n) is 6.24. The zero-order valence-electron chi connectivity index (χ0n) is 10.9. The SMILES string of the molecule is Cc1ccc2[nH]cc(C(=O)c3c(N)cccc3Cl)c2c1. The Bertz CT molecular complexity index is 800. The lowest BCUT2D eigenvalue weighted by Gasteiger charge is -2.06. The summed E-state index contributed by atoms with van der Waals surface area (Å²) in [5, 5.41) is 1.26. The number of nitrogen functional groups attached to an aromatic ring is 1. The van der Waals surface area contributed by atoms with Gasteiger partial charge < -0.3 is 10.7 Å². The minimum Gasteiger partial charge on any atom is -0.398 e. The van der Waals surface area contributed by atoms with E-state index in [1.165, 1.54) is 0 Å². The second-order valence-corrected chi connectivity index (χ2v) is 5.19. The van der Waals surface area contributed by atoms with Crippen molar-refractivity contribution in [2.24, 2.45) is 0 Å². The number of carbonyl (C=O) groups excluding carboxylic acids is 1. The van der Waals surface area contributed by atoms with Gasteiger partial charge in [-0.1, -0.05) is 29.3 Å². The molecule has 0 saturated heterocycles. The third kappa shape index (κ3) is 1.96. The summed E-state index contributed by atoms with van der Waals surface area (Å²) >= 11 is 6.11. The first-order chi connectivity index (χ1) is 9.58. The molecule has 0 aliphatic rings. The number of fused-ring (bicyclic) bond motifs is 1. The van der Waals surface area contributed by atoms with Crippen LogP contribution in [0.25, 0.3) is 10.9 Å². The van der Waals surface area contributed by atoms with Gasteiger partial charge in [0.25, 0.3) is 0 Å². The van der Waals surface area contributed by atoms with E-state index < -0.39 is 0 Å². The van der Waals surface area contributed by atoms with E-state index in [9.17, 15) is 4.79 Å². The molecule has 100 valence electrons. The molecule has 4 heteroatoms. The van der Waals surface area contributed by atoms with E-state index >= 15 is 0 Å². The molecule has 2 aromatic carbocycles. The van der Waals surface area contributed by atoms with Gasteiger partial charge in [0.1, 0.15) is 0 Å². The lowest BCUT2D eigenvalue weighted by molar-refractivity contribution is 0.104. The van der Waals surface area contributed by atoms with Crippen LogP contribution >= 0.6 is 11.6 Å². The number of rotatable bonds is 2. The number of H-pyrrole nitrogens is 1. The molecule has 0 amide bonds. The molecule has 3 nitrogen and oxygen atoms in total. The Labute approximate surface area is 121 Å². The summed E-state index contributed by atoms with van der Waals surface area (Å²) in [6.07, 6.45) is 1.70. The fourth-order valence-corrected chi connectivity index (χ4v) is 2.61. The number of nitrogens with two attached hydrogens (primary N) is 1. The molecule has 0 spiro atoms. The van der Waals surface area contributed by atoms with Crippen molar-refractivity contribution in [1.82, 2.24) is 4.98 Å². The molecule has 1 aromatic heterocycles. The van der Waals surface area contributed by atoms with Crippen molar-refractivity contribution in [3.63, 3.8) is 0 Å². The number of ketones is 1. The number of hydrogen-bond donors (Lipinski definition) is 2. The zero-order chi connectivity index (χ0) is 14.3. The normalized spacial score (nSPS) is 10.9. The number of aryl methyl sites for hydroxylation is 1. The Balaban J connectivity index is 2.21. The molecule has 0 aliphatic carbocycles. The smallest absolute Gasteiger partial charge is 0.198 e. The maximum absolute atomic E-state index is 12.7. The van der Waals surface area contributed by atoms with Gasteiger partial charge in [0.2, 0.25) is 0 Å². The van der Waals surface area contributed by atoms with Crippen LogP contribution in [0.15, 0.2) is 42.6 Å². The van der Waals surface area contributed by atoms with Crippen LogP contribution in [-0.2, 0) is 0 Å². The van der Waals surface area contributed by atoms with E-state index in [-0.39, 0.29) is 5.78 Å². The van der Waals surface area contributed by atoms with E-state index in [1.54, 1.807) is 24.4 Å². The van der Waals surface area contributed by atoms with E-state index in [2.05, 4.69) is 4.98 Å². The highest BCUT2D eigenvalue weighted by Crippen LogP contribution is 2.28. The first-order valence-corrected chi connectivity index (χ1v) is 6.62. The summed E-state index contributed by atoms with van der Waals surface area (Å²) in [6, 6.07) is 11.0. The summed E-state index contributed by atoms with van der Waals surface area (Å²) in [4.78, 5) is 15.8. The minimum absolute atomic E-state index is 0.162. The highest BCUT2D eigenvalue weighted by atomic mass is 35.5. The molecule has 0 saturated carbocycles. The van der Waals surface area contributed by atoms with Crippen LogP contribution in [-0.4, -0.2) is 10.8 Å². The Kier molecular flexibility index (Phi) is 2.99. The number of carbonyl (C=O) groups is 1. The van der Waals surface area contributed by atoms with Gasteiger partial charge in [0, 0.05) is 28.4 Å². The molecule has 3 N–H and O–H groups in total. The summed E-state index contributed by atoms with van der Waals surface area (Å²) in [5.74, 6) is -0.162. The zero-order valence-corrected chi connectivity index (χ0v) is 11.7. The molecule has 0 atom stereocenters. The molecule has 0 unspecified atom stereocenters. The van der Waals surface area contributed by atoms with E-state index in [0.29, 0.717) is 21.8 Å². The number of halogens is 1. The number of benzene rings is 2. The maximum Gasteiger partial charge on any atom is 0.198 e. The maximum atomic E-state index is 12.7. The number of hydrogen-bond acceptors (Lipinski definition) is 2. The van der Waals surface area contributed by atoms with Crippen LogP contribution in [0.2, 0.25) is 5.02 Å². The molecule has 0 aliphatic heterocycles. The monoisotopic (exact) mass is 284 g/mol. The fraction of sp³-hybridized carbons (Fsp3) is 0.0625. The van der Waals surface area contributed by atoms with Gasteiger partial charge in [-0.3, -0.25) is 4.79 Å². The summed E-state index contributed by atoms with van der Waals surface area (Å²) < 4.78 is 0. The number of anilines is 1. The highest BCUT2D eigenvalue weighted by Gasteiger charge is 2.19. The van der Waals surface area contributed by atoms with Crippen LogP contribution < -0.4 is 5.73 Å². The van der Waals surface area contributed by atoms with Crippen molar-refractivity contribution in [3.05, 3.63) is 64.3 Å². The van der Waals surface area contributed by atoms with Crippen molar-refractivity contribution in [3.8, 4) is 0 Å². The van der Waals surface area contributed by atoms with E-state index in [0.717, 1.165) is 16.5 Å². The Morgan fingerprint density at radius 1 is 1.25 bits per heavy atom. The van der Waals surface area contributed by atoms with Crippen molar-refractivity contribution in [2.75, 3.05) is 5.73 Å². The van der Waals surface area contributed by atoms with Gasteiger partial charge in [-0.25, -0.2) is 0 Å². The first kappa shape index (κ1) is 12.8. The van der Waals surface area contributed by atoms with Crippen LogP contribution in [0, 0.1) is 6.92 Å². The predicted molar refractivity (Wildman–Crippen MR) is 82.3 cm³/mol. The minimum atomic E-state index is -0.162. The topological polar surface area (TPSA) is 58.9 Å². The average Bonchev–Trinajstić information content (AvgIpc) is 2.81. The molecule has 0 fully saturated rings. The van der Waals surface area contributed by atoms with Crippen LogP contribution in [0.4, 0.5) is 5.69 Å². The molecule has 1 heterocycles. The van der Waals surface area contributed by atoms with Gasteiger partial charge in [-0.05, 0) is 31.2 Å². The fourth-order valence-electron chi connectivity index (χ4n) is 2.34. The molecule has 3 aromatic rings. The molecular weight excluding hydrogens is 272 g/mol. The van der Waals surface area contributed by atoms with Gasteiger partial charge in [-0.2, -0.15) is 0 Å². The van der Waals surface area contributed by atoms with Gasteiger partial charge in [0.15, 0.2) is 5.78 Å². The second-order valence-electron chi connectivity index (χ2n) is 4.78. The van der Waals surface area contributed by atoms with Gasteiger partial charge in [-0.15, -0.1) is 0 Å². The van der Waals surface area contributed by atoms with Crippen molar-refractivity contribution < 1.29 is 4.79 Å². The Morgan fingerprint density at radius 3 is 2.80 bits per heavy atom. The van der Waals surface area contributed by atoms with E-state index in [1.807, 2.05) is 25.1 Å². The van der Waals surface area contributed by atoms with Crippen LogP contribution in [0.3, 0.4) is 0 Å². The van der Waals surface area contributed by atoms with Gasteiger partial charge >= 0.3 is 0 Å². The molecule has 0 radical (unpaired) electrons. The van der Waals surface area contributed by atoms with Crippen molar-refractivity contribution in [2.45, 2.75) is 6.92 Å². The summed E-state index contributed by atoms with van der Waals surface area (Å²) in [7, 11) is 0. The summed E-state index contributed by atoms with van der Waals surface area (Å²) in [6.45, 7) is 1.99. The quantitative estimate of drug-likeness (QED) is 0.553. The lowest BCUT2D eigenvalue weighted by Crippen LogP contribution is -2.05. The van der Waals surface area contributed by atoms with Gasteiger partial charge in [0.05, 0.1) is 10.6 Å². The number of nitrogens with one attached hydrogen (secondary N) is 1. The molecule has 3 rings (SSSR count). The number of aromatic nitrogens is 1. The second kappa shape index (κ2) is 4.69. The predicted octanol–water partition coefficient (Wildman–Crippen LogP) is 3.94.